The highest BCUT2D eigenvalue weighted by Gasteiger charge is 2.25. The molecule has 0 amide bonds. The average Bonchev–Trinajstić information content (AvgIpc) is 3.18. The van der Waals surface area contributed by atoms with Gasteiger partial charge in [0.2, 0.25) is 0 Å². The molecule has 7 heteroatoms. The van der Waals surface area contributed by atoms with Crippen LogP contribution in [0.1, 0.15) is 22.9 Å². The quantitative estimate of drug-likeness (QED) is 0.235. The summed E-state index contributed by atoms with van der Waals surface area (Å²) >= 11 is 9.22. The lowest BCUT2D eigenvalue weighted by molar-refractivity contribution is 0.249. The third-order valence-corrected chi connectivity index (χ3v) is 7.89. The normalized spacial score (nSPS) is 14.5. The molecule has 0 radical (unpaired) electrons. The van der Waals surface area contributed by atoms with Crippen molar-refractivity contribution in [2.45, 2.75) is 31.6 Å². The fourth-order valence-corrected chi connectivity index (χ4v) is 6.62. The Morgan fingerprint density at radius 2 is 1.88 bits per heavy atom. The fourth-order valence-electron chi connectivity index (χ4n) is 4.19. The minimum atomic E-state index is 0.0225. The molecule has 5 rings (SSSR count). The molecule has 0 atom stereocenters. The van der Waals surface area contributed by atoms with Gasteiger partial charge in [-0.25, -0.2) is 4.98 Å². The molecule has 0 saturated carbocycles. The summed E-state index contributed by atoms with van der Waals surface area (Å²) in [5.41, 5.74) is 3.35. The molecule has 2 aromatic carbocycles. The summed E-state index contributed by atoms with van der Waals surface area (Å²) in [6.07, 6.45) is 2.81. The van der Waals surface area contributed by atoms with Crippen LogP contribution in [0.5, 0.6) is 0 Å². The van der Waals surface area contributed by atoms with Gasteiger partial charge < -0.3 is 0 Å². The summed E-state index contributed by atoms with van der Waals surface area (Å²) in [6.45, 7) is 4.57. The highest BCUT2D eigenvalue weighted by molar-refractivity contribution is 7.99. The fraction of sp³-hybridized carbons (Fsp3) is 0.231. The topological polar surface area (TPSA) is 38.1 Å². The highest BCUT2D eigenvalue weighted by atomic mass is 35.5. The summed E-state index contributed by atoms with van der Waals surface area (Å²) in [5.74, 6) is 0.663. The van der Waals surface area contributed by atoms with Crippen molar-refractivity contribution in [3.8, 4) is 5.69 Å². The molecule has 1 aliphatic rings. The summed E-state index contributed by atoms with van der Waals surface area (Å²) in [6, 6.07) is 20.3. The molecule has 0 unspecified atom stereocenters. The van der Waals surface area contributed by atoms with E-state index in [0.717, 1.165) is 47.0 Å². The number of halogens is 1. The smallest absolute Gasteiger partial charge is 0.267 e. The van der Waals surface area contributed by atoms with Crippen molar-refractivity contribution in [1.82, 2.24) is 14.5 Å². The van der Waals surface area contributed by atoms with E-state index in [4.69, 9.17) is 16.6 Å². The number of allylic oxidation sites excluding steroid dienone is 1. The molecule has 4 nitrogen and oxygen atoms in total. The molecular formula is C26H24ClN3OS2. The zero-order chi connectivity index (χ0) is 22.8. The average molecular weight is 494 g/mol. The van der Waals surface area contributed by atoms with Gasteiger partial charge in [-0.1, -0.05) is 78.0 Å². The Bertz CT molecular complexity index is 1360. The second-order valence-corrected chi connectivity index (χ2v) is 10.8. The molecule has 0 spiro atoms. The zero-order valence-corrected chi connectivity index (χ0v) is 20.7. The molecular weight excluding hydrogens is 470 g/mol. The molecule has 0 fully saturated rings. The van der Waals surface area contributed by atoms with Crippen LogP contribution in [0.2, 0.25) is 0 Å². The van der Waals surface area contributed by atoms with Gasteiger partial charge in [0.05, 0.1) is 11.1 Å². The number of thioether (sulfide) groups is 1. The van der Waals surface area contributed by atoms with E-state index in [-0.39, 0.29) is 5.56 Å². The summed E-state index contributed by atoms with van der Waals surface area (Å²) in [4.78, 5) is 23.3. The first-order valence-corrected chi connectivity index (χ1v) is 13.1. The van der Waals surface area contributed by atoms with E-state index in [9.17, 15) is 4.79 Å². The number of hydrogen-bond acceptors (Lipinski definition) is 5. The van der Waals surface area contributed by atoms with Crippen LogP contribution in [0.4, 0.5) is 0 Å². The second-order valence-electron chi connectivity index (χ2n) is 8.10. The number of fused-ring (bicyclic) bond motifs is 3. The van der Waals surface area contributed by atoms with E-state index in [0.29, 0.717) is 10.9 Å². The van der Waals surface area contributed by atoms with E-state index in [1.165, 1.54) is 27.8 Å². The molecule has 0 aliphatic carbocycles. The molecule has 4 aromatic rings. The SMILES string of the molecule is CC(Cl)=CCSc1nc2sc3c(c2c(=O)n1-c1ccccc1)CCN(Cc1ccccc1)C3. The van der Waals surface area contributed by atoms with Gasteiger partial charge >= 0.3 is 0 Å². The zero-order valence-electron chi connectivity index (χ0n) is 18.3. The first kappa shape index (κ1) is 22.4. The second kappa shape index (κ2) is 9.85. The summed E-state index contributed by atoms with van der Waals surface area (Å²) < 4.78 is 1.76. The van der Waals surface area contributed by atoms with Crippen LogP contribution in [0.3, 0.4) is 0 Å². The number of hydrogen-bond donors (Lipinski definition) is 0. The molecule has 0 saturated heterocycles. The molecule has 168 valence electrons. The predicted molar refractivity (Wildman–Crippen MR) is 140 cm³/mol. The molecule has 3 heterocycles. The van der Waals surface area contributed by atoms with Gasteiger partial charge in [-0.3, -0.25) is 14.3 Å². The minimum Gasteiger partial charge on any atom is -0.294 e. The van der Waals surface area contributed by atoms with E-state index >= 15 is 0 Å². The van der Waals surface area contributed by atoms with Crippen LogP contribution in [0.15, 0.2) is 81.7 Å². The van der Waals surface area contributed by atoms with Gasteiger partial charge in [0.1, 0.15) is 4.83 Å². The number of rotatable bonds is 6. The van der Waals surface area contributed by atoms with Gasteiger partial charge in [0.15, 0.2) is 5.16 Å². The Kier molecular flexibility index (Phi) is 6.69. The van der Waals surface area contributed by atoms with Gasteiger partial charge in [-0.2, -0.15) is 0 Å². The molecule has 0 N–H and O–H groups in total. The molecule has 1 aliphatic heterocycles. The Balaban J connectivity index is 1.55. The van der Waals surface area contributed by atoms with Gasteiger partial charge in [-0.15, -0.1) is 11.3 Å². The lowest BCUT2D eigenvalue weighted by Crippen LogP contribution is -2.30. The largest absolute Gasteiger partial charge is 0.294 e. The Hall–Kier alpha value is -2.38. The molecule has 33 heavy (non-hydrogen) atoms. The van der Waals surface area contributed by atoms with Crippen molar-refractivity contribution in [3.05, 3.63) is 98.1 Å². The van der Waals surface area contributed by atoms with Crippen molar-refractivity contribution in [2.24, 2.45) is 0 Å². The van der Waals surface area contributed by atoms with Gasteiger partial charge in [-0.05, 0) is 36.6 Å². The maximum Gasteiger partial charge on any atom is 0.267 e. The predicted octanol–water partition coefficient (Wildman–Crippen LogP) is 6.24. The molecule has 2 aromatic heterocycles. The number of aromatic nitrogens is 2. The maximum absolute atomic E-state index is 13.8. The van der Waals surface area contributed by atoms with Crippen LogP contribution in [0, 0.1) is 0 Å². The van der Waals surface area contributed by atoms with Crippen LogP contribution >= 0.6 is 34.7 Å². The van der Waals surface area contributed by atoms with Crippen molar-refractivity contribution in [1.29, 1.82) is 0 Å². The first-order valence-electron chi connectivity index (χ1n) is 10.9. The maximum atomic E-state index is 13.8. The van der Waals surface area contributed by atoms with Crippen molar-refractivity contribution in [2.75, 3.05) is 12.3 Å². The Labute approximate surface area is 206 Å². The molecule has 0 bridgehead atoms. The van der Waals surface area contributed by atoms with E-state index in [2.05, 4.69) is 29.2 Å². The van der Waals surface area contributed by atoms with Gasteiger partial charge in [0, 0.05) is 35.3 Å². The summed E-state index contributed by atoms with van der Waals surface area (Å²) in [7, 11) is 0. The van der Waals surface area contributed by atoms with E-state index in [1.807, 2.05) is 49.4 Å². The van der Waals surface area contributed by atoms with Crippen molar-refractivity contribution < 1.29 is 0 Å². The van der Waals surface area contributed by atoms with Gasteiger partial charge in [0.25, 0.3) is 5.56 Å². The Morgan fingerprint density at radius 3 is 2.61 bits per heavy atom. The lowest BCUT2D eigenvalue weighted by Gasteiger charge is -2.26. The number of nitrogens with zero attached hydrogens (tertiary/aromatic N) is 3. The standard InChI is InChI=1S/C26H24ClN3OS2/c1-18(27)13-15-32-26-28-24-23(25(31)30(26)20-10-6-3-7-11-20)21-12-14-29(17-22(21)33-24)16-19-8-4-2-5-9-19/h2-11,13H,12,14-17H2,1H3. The number of para-hydroxylation sites is 1. The van der Waals surface area contributed by atoms with Crippen molar-refractivity contribution in [3.63, 3.8) is 0 Å². The monoisotopic (exact) mass is 493 g/mol. The van der Waals surface area contributed by atoms with Crippen LogP contribution in [-0.4, -0.2) is 26.7 Å². The highest BCUT2D eigenvalue weighted by Crippen LogP contribution is 2.34. The first-order chi connectivity index (χ1) is 16.1. The van der Waals surface area contributed by atoms with Crippen molar-refractivity contribution >= 4 is 44.9 Å². The number of thiophene rings is 1. The third-order valence-electron chi connectivity index (χ3n) is 5.76. The van der Waals surface area contributed by atoms with E-state index < -0.39 is 0 Å². The summed E-state index contributed by atoms with van der Waals surface area (Å²) in [5, 5.41) is 2.22. The van der Waals surface area contributed by atoms with Crippen LogP contribution < -0.4 is 5.56 Å². The Morgan fingerprint density at radius 1 is 1.15 bits per heavy atom. The number of benzene rings is 2. The van der Waals surface area contributed by atoms with Crippen LogP contribution in [-0.2, 0) is 19.5 Å². The minimum absolute atomic E-state index is 0.0225. The van der Waals surface area contributed by atoms with E-state index in [1.54, 1.807) is 15.9 Å². The lowest BCUT2D eigenvalue weighted by atomic mass is 10.0. The van der Waals surface area contributed by atoms with Crippen LogP contribution in [0.25, 0.3) is 15.9 Å². The third kappa shape index (κ3) is 4.80.